The molecule has 2 saturated heterocycles. The first kappa shape index (κ1) is 24.0. The van der Waals surface area contributed by atoms with E-state index in [4.69, 9.17) is 32.7 Å². The molecule has 4 rings (SSSR count). The van der Waals surface area contributed by atoms with Crippen LogP contribution in [0.2, 0.25) is 10.0 Å². The van der Waals surface area contributed by atoms with Crippen molar-refractivity contribution in [3.63, 3.8) is 0 Å². The highest BCUT2D eigenvalue weighted by Gasteiger charge is 2.30. The summed E-state index contributed by atoms with van der Waals surface area (Å²) >= 11 is 12.1. The van der Waals surface area contributed by atoms with Crippen molar-refractivity contribution in [2.45, 2.75) is 32.0 Å². The van der Waals surface area contributed by atoms with E-state index in [-0.39, 0.29) is 24.0 Å². The number of carbonyl (C=O) groups is 2. The summed E-state index contributed by atoms with van der Waals surface area (Å²) in [5, 5.41) is 0.756. The Bertz CT molecular complexity index is 992. The summed E-state index contributed by atoms with van der Waals surface area (Å²) < 4.78 is 11.8. The van der Waals surface area contributed by atoms with Crippen molar-refractivity contribution in [1.29, 1.82) is 0 Å². The van der Waals surface area contributed by atoms with Gasteiger partial charge in [0.15, 0.2) is 0 Å². The third kappa shape index (κ3) is 6.07. The lowest BCUT2D eigenvalue weighted by molar-refractivity contribution is -0.0375. The number of rotatable bonds is 6. The lowest BCUT2D eigenvalue weighted by Crippen LogP contribution is -2.51. The fraction of sp³-hybridized carbons (Fsp3) is 0.440. The minimum absolute atomic E-state index is 0.0249. The average Bonchev–Trinajstić information content (AvgIpc) is 3.33. The Morgan fingerprint density at radius 2 is 1.67 bits per heavy atom. The highest BCUT2D eigenvalue weighted by Crippen LogP contribution is 2.24. The molecule has 2 aromatic rings. The Morgan fingerprint density at radius 1 is 0.970 bits per heavy atom. The van der Waals surface area contributed by atoms with Crippen LogP contribution in [0.1, 0.15) is 39.1 Å². The van der Waals surface area contributed by atoms with Crippen molar-refractivity contribution in [2.24, 2.45) is 0 Å². The number of aryl methyl sites for hydroxylation is 1. The molecule has 2 amide bonds. The maximum absolute atomic E-state index is 13.3. The van der Waals surface area contributed by atoms with Crippen molar-refractivity contribution < 1.29 is 19.1 Å². The van der Waals surface area contributed by atoms with E-state index in [1.54, 1.807) is 28.0 Å². The van der Waals surface area contributed by atoms with Crippen molar-refractivity contribution in [1.82, 2.24) is 9.80 Å². The molecule has 8 heteroatoms. The van der Waals surface area contributed by atoms with Gasteiger partial charge in [0.1, 0.15) is 0 Å². The number of morpholine rings is 1. The molecular formula is C25H28Cl2N2O4. The van der Waals surface area contributed by atoms with Gasteiger partial charge in [0.05, 0.1) is 28.9 Å². The van der Waals surface area contributed by atoms with E-state index in [1.165, 1.54) is 0 Å². The summed E-state index contributed by atoms with van der Waals surface area (Å²) in [7, 11) is 0. The van der Waals surface area contributed by atoms with Gasteiger partial charge in [-0.05, 0) is 50.1 Å². The molecule has 0 N–H and O–H groups in total. The minimum Gasteiger partial charge on any atom is -0.376 e. The molecule has 2 aliphatic rings. The van der Waals surface area contributed by atoms with E-state index in [9.17, 15) is 9.59 Å². The SMILES string of the molecule is Cc1ccc(C(=O)N(CC2CCCO2)CC2CN(C(=O)c3ccc(Cl)c(Cl)c3)CCO2)cc1. The normalized spacial score (nSPS) is 20.6. The number of amides is 2. The summed E-state index contributed by atoms with van der Waals surface area (Å²) in [4.78, 5) is 29.9. The van der Waals surface area contributed by atoms with E-state index in [2.05, 4.69) is 0 Å². The molecule has 0 aromatic heterocycles. The Hall–Kier alpha value is -2.12. The number of halogens is 2. The molecule has 2 unspecified atom stereocenters. The molecule has 0 spiro atoms. The van der Waals surface area contributed by atoms with E-state index < -0.39 is 0 Å². The minimum atomic E-state index is -0.290. The van der Waals surface area contributed by atoms with Gasteiger partial charge >= 0.3 is 0 Å². The van der Waals surface area contributed by atoms with Crippen LogP contribution in [-0.2, 0) is 9.47 Å². The monoisotopic (exact) mass is 490 g/mol. The first-order chi connectivity index (χ1) is 15.9. The van der Waals surface area contributed by atoms with Gasteiger partial charge in [0.2, 0.25) is 0 Å². The molecule has 0 aliphatic carbocycles. The first-order valence-corrected chi connectivity index (χ1v) is 12.0. The number of nitrogens with zero attached hydrogens (tertiary/aromatic N) is 2. The summed E-state index contributed by atoms with van der Waals surface area (Å²) in [6.07, 6.45) is 1.67. The largest absolute Gasteiger partial charge is 0.376 e. The van der Waals surface area contributed by atoms with Crippen molar-refractivity contribution >= 4 is 35.0 Å². The summed E-state index contributed by atoms with van der Waals surface area (Å²) in [5.74, 6) is -0.181. The van der Waals surface area contributed by atoms with Crippen LogP contribution in [0.15, 0.2) is 42.5 Å². The third-order valence-electron chi connectivity index (χ3n) is 6.05. The zero-order valence-corrected chi connectivity index (χ0v) is 20.1. The lowest BCUT2D eigenvalue weighted by atomic mass is 10.1. The van der Waals surface area contributed by atoms with Crippen LogP contribution in [0.25, 0.3) is 0 Å². The molecule has 0 bridgehead atoms. The predicted molar refractivity (Wildman–Crippen MR) is 128 cm³/mol. The molecule has 33 heavy (non-hydrogen) atoms. The van der Waals surface area contributed by atoms with Crippen molar-refractivity contribution in [3.05, 3.63) is 69.2 Å². The Kier molecular flexibility index (Phi) is 7.91. The number of carbonyl (C=O) groups excluding carboxylic acids is 2. The van der Waals surface area contributed by atoms with Crippen LogP contribution in [0.5, 0.6) is 0 Å². The lowest BCUT2D eigenvalue weighted by Gasteiger charge is -2.36. The van der Waals surface area contributed by atoms with E-state index in [1.807, 2.05) is 31.2 Å². The third-order valence-corrected chi connectivity index (χ3v) is 6.79. The molecule has 2 heterocycles. The second kappa shape index (κ2) is 10.9. The Balaban J connectivity index is 1.46. The van der Waals surface area contributed by atoms with Crippen LogP contribution in [0, 0.1) is 6.92 Å². The molecule has 2 aromatic carbocycles. The number of ether oxygens (including phenoxy) is 2. The topological polar surface area (TPSA) is 59.1 Å². The van der Waals surface area contributed by atoms with Gasteiger partial charge < -0.3 is 19.3 Å². The van der Waals surface area contributed by atoms with Crippen LogP contribution >= 0.6 is 23.2 Å². The fourth-order valence-electron chi connectivity index (χ4n) is 4.23. The van der Waals surface area contributed by atoms with Gasteiger partial charge in [-0.25, -0.2) is 0 Å². The van der Waals surface area contributed by atoms with Gasteiger partial charge in [-0.15, -0.1) is 0 Å². The van der Waals surface area contributed by atoms with Crippen molar-refractivity contribution in [3.8, 4) is 0 Å². The van der Waals surface area contributed by atoms with E-state index >= 15 is 0 Å². The van der Waals surface area contributed by atoms with Crippen LogP contribution < -0.4 is 0 Å². The highest BCUT2D eigenvalue weighted by atomic mass is 35.5. The molecule has 0 saturated carbocycles. The van der Waals surface area contributed by atoms with Gasteiger partial charge in [-0.2, -0.15) is 0 Å². The van der Waals surface area contributed by atoms with Crippen LogP contribution in [-0.4, -0.2) is 73.2 Å². The summed E-state index contributed by atoms with van der Waals surface area (Å²) in [6.45, 7) is 4.89. The molecule has 0 radical (unpaired) electrons. The molecule has 2 aliphatic heterocycles. The standard InChI is InChI=1S/C25H28Cl2N2O4/c1-17-4-6-18(7-5-17)24(30)29(14-20-3-2-11-32-20)16-21-15-28(10-12-33-21)25(31)19-8-9-22(26)23(27)13-19/h4-9,13,20-21H,2-3,10-12,14-16H2,1H3. The number of benzene rings is 2. The summed E-state index contributed by atoms with van der Waals surface area (Å²) in [6, 6.07) is 12.5. The Morgan fingerprint density at radius 3 is 2.36 bits per heavy atom. The van der Waals surface area contributed by atoms with E-state index in [0.29, 0.717) is 54.0 Å². The average molecular weight is 491 g/mol. The van der Waals surface area contributed by atoms with E-state index in [0.717, 1.165) is 25.0 Å². The van der Waals surface area contributed by atoms with Gasteiger partial charge in [0, 0.05) is 43.9 Å². The molecule has 2 atom stereocenters. The second-order valence-corrected chi connectivity index (χ2v) is 9.40. The van der Waals surface area contributed by atoms with Crippen LogP contribution in [0.3, 0.4) is 0 Å². The van der Waals surface area contributed by atoms with Crippen molar-refractivity contribution in [2.75, 3.05) is 39.4 Å². The number of hydrogen-bond acceptors (Lipinski definition) is 4. The maximum atomic E-state index is 13.3. The molecule has 2 fully saturated rings. The smallest absolute Gasteiger partial charge is 0.254 e. The van der Waals surface area contributed by atoms with Gasteiger partial charge in [0.25, 0.3) is 11.8 Å². The van der Waals surface area contributed by atoms with Crippen LogP contribution in [0.4, 0.5) is 0 Å². The second-order valence-electron chi connectivity index (χ2n) is 8.58. The van der Waals surface area contributed by atoms with Gasteiger partial charge in [-0.3, -0.25) is 9.59 Å². The molecule has 176 valence electrons. The Labute approximate surface area is 204 Å². The quantitative estimate of drug-likeness (QED) is 0.599. The molecular weight excluding hydrogens is 463 g/mol. The summed E-state index contributed by atoms with van der Waals surface area (Å²) in [5.41, 5.74) is 2.22. The first-order valence-electron chi connectivity index (χ1n) is 11.2. The number of hydrogen-bond donors (Lipinski definition) is 0. The maximum Gasteiger partial charge on any atom is 0.254 e. The zero-order chi connectivity index (χ0) is 23.4. The zero-order valence-electron chi connectivity index (χ0n) is 18.6. The predicted octanol–water partition coefficient (Wildman–Crippen LogP) is 4.46. The van der Waals surface area contributed by atoms with Gasteiger partial charge in [-0.1, -0.05) is 40.9 Å². The molecule has 6 nitrogen and oxygen atoms in total. The highest BCUT2D eigenvalue weighted by molar-refractivity contribution is 6.42. The fourth-order valence-corrected chi connectivity index (χ4v) is 4.52.